The molecular formula is C47H45N3O11. The molecule has 0 saturated carbocycles. The summed E-state index contributed by atoms with van der Waals surface area (Å²) in [5, 5.41) is 25.6. The monoisotopic (exact) mass is 827 g/mol. The summed E-state index contributed by atoms with van der Waals surface area (Å²) in [5.41, 5.74) is 7.72. The van der Waals surface area contributed by atoms with Crippen LogP contribution >= 0.6 is 0 Å². The zero-order valence-electron chi connectivity index (χ0n) is 33.7. The van der Waals surface area contributed by atoms with Crippen LogP contribution in [-0.2, 0) is 33.6 Å². The lowest BCUT2D eigenvalue weighted by molar-refractivity contribution is -0.125. The first kappa shape index (κ1) is 44.5. The number of amides is 3. The van der Waals surface area contributed by atoms with Crippen molar-refractivity contribution in [1.29, 1.82) is 0 Å². The van der Waals surface area contributed by atoms with Crippen LogP contribution in [0.15, 0.2) is 115 Å². The average Bonchev–Trinajstić information content (AvgIpc) is 3.22. The van der Waals surface area contributed by atoms with Crippen molar-refractivity contribution in [3.63, 3.8) is 0 Å². The molecule has 0 aromatic heterocycles. The van der Waals surface area contributed by atoms with Gasteiger partial charge in [0.2, 0.25) is 5.91 Å². The van der Waals surface area contributed by atoms with Crippen molar-refractivity contribution in [3.8, 4) is 17.2 Å². The van der Waals surface area contributed by atoms with Gasteiger partial charge in [-0.2, -0.15) is 0 Å². The second kappa shape index (κ2) is 20.4. The molecule has 14 heteroatoms. The Morgan fingerprint density at radius 1 is 0.656 bits per heavy atom. The van der Waals surface area contributed by atoms with E-state index in [4.69, 9.17) is 20.3 Å². The predicted octanol–water partition coefficient (Wildman–Crippen LogP) is 5.92. The number of nitrogens with two attached hydrogens (primary N) is 1. The van der Waals surface area contributed by atoms with Gasteiger partial charge in [0.25, 0.3) is 11.8 Å². The topological polar surface area (TPSA) is 228 Å². The SMILES string of the molecule is CC(C)Oc1c(CC(=O)c2ccc(CC(=O)[C@H](CC(N)=O)NC(=O)c3ccc(NC(=O)C(C)Oc4ccccc4)cc3)cc2)ccc(C(=O)Cc2ccc(C(=O)O)cc2)c1O. The molecule has 2 atom stereocenters. The fourth-order valence-electron chi connectivity index (χ4n) is 6.19. The molecule has 3 amide bonds. The Morgan fingerprint density at radius 2 is 1.25 bits per heavy atom. The van der Waals surface area contributed by atoms with Crippen LogP contribution in [-0.4, -0.2) is 69.5 Å². The van der Waals surface area contributed by atoms with Crippen molar-refractivity contribution in [2.24, 2.45) is 5.73 Å². The van der Waals surface area contributed by atoms with E-state index in [2.05, 4.69) is 10.6 Å². The van der Waals surface area contributed by atoms with Gasteiger partial charge in [-0.15, -0.1) is 0 Å². The van der Waals surface area contributed by atoms with Gasteiger partial charge in [0.15, 0.2) is 35.0 Å². The highest BCUT2D eigenvalue weighted by atomic mass is 16.5. The zero-order chi connectivity index (χ0) is 44.2. The summed E-state index contributed by atoms with van der Waals surface area (Å²) in [6.07, 6.45) is -2.16. The van der Waals surface area contributed by atoms with Crippen LogP contribution in [0, 0.1) is 0 Å². The number of carbonyl (C=O) groups excluding carboxylic acids is 6. The van der Waals surface area contributed by atoms with Crippen LogP contribution < -0.4 is 25.8 Å². The number of hydrogen-bond acceptors (Lipinski definition) is 10. The smallest absolute Gasteiger partial charge is 0.335 e. The van der Waals surface area contributed by atoms with E-state index in [1.807, 2.05) is 6.07 Å². The summed E-state index contributed by atoms with van der Waals surface area (Å²) >= 11 is 0. The number of aromatic hydroxyl groups is 1. The van der Waals surface area contributed by atoms with E-state index >= 15 is 0 Å². The lowest BCUT2D eigenvalue weighted by atomic mass is 9.95. The summed E-state index contributed by atoms with van der Waals surface area (Å²) < 4.78 is 11.5. The number of ether oxygens (including phenoxy) is 2. The number of para-hydroxylation sites is 1. The molecule has 5 aromatic carbocycles. The van der Waals surface area contributed by atoms with Gasteiger partial charge in [-0.25, -0.2) is 4.79 Å². The summed E-state index contributed by atoms with van der Waals surface area (Å²) in [5.74, 6) is -4.12. The fraction of sp³-hybridized carbons (Fsp3) is 0.213. The lowest BCUT2D eigenvalue weighted by Crippen LogP contribution is -2.44. The minimum Gasteiger partial charge on any atom is -0.504 e. The Morgan fingerprint density at radius 3 is 1.84 bits per heavy atom. The lowest BCUT2D eigenvalue weighted by Gasteiger charge is -2.18. The number of ketones is 3. The Hall–Kier alpha value is -7.61. The molecule has 5 rings (SSSR count). The molecule has 1 unspecified atom stereocenters. The summed E-state index contributed by atoms with van der Waals surface area (Å²) in [6, 6.07) is 28.5. The van der Waals surface area contributed by atoms with Crippen molar-refractivity contribution in [2.75, 3.05) is 5.32 Å². The Bertz CT molecular complexity index is 2410. The number of phenolic OH excluding ortho intramolecular Hbond substituents is 1. The molecule has 0 heterocycles. The van der Waals surface area contributed by atoms with E-state index in [1.54, 1.807) is 57.2 Å². The van der Waals surface area contributed by atoms with Crippen molar-refractivity contribution in [2.45, 2.75) is 64.7 Å². The van der Waals surface area contributed by atoms with Crippen LogP contribution in [0.5, 0.6) is 17.2 Å². The quantitative estimate of drug-likeness (QED) is 0.0579. The molecule has 0 radical (unpaired) electrons. The summed E-state index contributed by atoms with van der Waals surface area (Å²) in [6.45, 7) is 5.06. The zero-order valence-corrected chi connectivity index (χ0v) is 33.7. The Balaban J connectivity index is 1.20. The highest BCUT2D eigenvalue weighted by Gasteiger charge is 2.25. The standard InChI is InChI=1S/C47H45N3O11/c1-27(2)60-44-34(19-22-37(43(44)55)40(52)23-29-11-15-33(16-12-29)47(58)59)25-39(51)31-13-9-30(10-14-31)24-41(53)38(26-42(48)54)50-46(57)32-17-20-35(21-18-32)49-45(56)28(3)61-36-7-5-4-6-8-36/h4-22,27-28,38,55H,23-26H2,1-3H3,(H2,48,54)(H,49,56)(H,50,57)(H,58,59)/t28?,38-/m0/s1. The Kier molecular flexibility index (Phi) is 14.9. The number of hydrogen-bond donors (Lipinski definition) is 5. The molecule has 5 aromatic rings. The van der Waals surface area contributed by atoms with E-state index in [0.29, 0.717) is 28.1 Å². The van der Waals surface area contributed by atoms with Crippen LogP contribution in [0.4, 0.5) is 5.69 Å². The van der Waals surface area contributed by atoms with Gasteiger partial charge >= 0.3 is 5.97 Å². The number of benzene rings is 5. The third-order valence-electron chi connectivity index (χ3n) is 9.38. The van der Waals surface area contributed by atoms with E-state index < -0.39 is 65.7 Å². The molecule has 314 valence electrons. The largest absolute Gasteiger partial charge is 0.504 e. The molecule has 0 aliphatic rings. The molecule has 6 N–H and O–H groups in total. The van der Waals surface area contributed by atoms with Gasteiger partial charge in [-0.05, 0) is 86.5 Å². The molecule has 0 aliphatic carbocycles. The van der Waals surface area contributed by atoms with Gasteiger partial charge in [0.05, 0.1) is 29.7 Å². The van der Waals surface area contributed by atoms with Gasteiger partial charge in [-0.3, -0.25) is 28.8 Å². The maximum absolute atomic E-state index is 13.5. The predicted molar refractivity (Wildman–Crippen MR) is 225 cm³/mol. The normalized spacial score (nSPS) is 11.8. The van der Waals surface area contributed by atoms with Gasteiger partial charge in [0.1, 0.15) is 5.75 Å². The van der Waals surface area contributed by atoms with Crippen LogP contribution in [0.1, 0.15) is 85.3 Å². The average molecular weight is 828 g/mol. The number of rotatable bonds is 20. The number of Topliss-reactive ketones (excluding diaryl/α,β-unsaturated/α-hetero) is 3. The Labute approximate surface area is 351 Å². The second-order valence-electron chi connectivity index (χ2n) is 14.5. The van der Waals surface area contributed by atoms with Gasteiger partial charge in [-0.1, -0.05) is 60.7 Å². The first-order chi connectivity index (χ1) is 29.1. The van der Waals surface area contributed by atoms with Crippen molar-refractivity contribution in [1.82, 2.24) is 5.32 Å². The maximum atomic E-state index is 13.5. The van der Waals surface area contributed by atoms with Gasteiger partial charge < -0.3 is 36.1 Å². The number of carboxylic acids is 1. The molecule has 61 heavy (non-hydrogen) atoms. The number of nitrogens with one attached hydrogen (secondary N) is 2. The third-order valence-corrected chi connectivity index (χ3v) is 9.38. The fourth-order valence-corrected chi connectivity index (χ4v) is 6.19. The maximum Gasteiger partial charge on any atom is 0.335 e. The number of phenols is 1. The summed E-state index contributed by atoms with van der Waals surface area (Å²) in [4.78, 5) is 88.9. The first-order valence-electron chi connectivity index (χ1n) is 19.3. The molecule has 0 bridgehead atoms. The molecule has 0 spiro atoms. The summed E-state index contributed by atoms with van der Waals surface area (Å²) in [7, 11) is 0. The number of aromatic carboxylic acids is 1. The minimum absolute atomic E-state index is 0.0119. The van der Waals surface area contributed by atoms with E-state index in [0.717, 1.165) is 0 Å². The third kappa shape index (κ3) is 12.4. The molecule has 0 fully saturated rings. The molecule has 0 aliphatic heterocycles. The van der Waals surface area contributed by atoms with Crippen LogP contribution in [0.3, 0.4) is 0 Å². The van der Waals surface area contributed by atoms with E-state index in [1.165, 1.54) is 72.8 Å². The number of primary amides is 1. The van der Waals surface area contributed by atoms with E-state index in [9.17, 15) is 38.7 Å². The molecular weight excluding hydrogens is 783 g/mol. The highest BCUT2D eigenvalue weighted by molar-refractivity contribution is 6.03. The number of carboxylic acid groups (broad SMARTS) is 1. The van der Waals surface area contributed by atoms with Crippen LogP contribution in [0.25, 0.3) is 0 Å². The van der Waals surface area contributed by atoms with E-state index in [-0.39, 0.29) is 53.0 Å². The van der Waals surface area contributed by atoms with Crippen molar-refractivity contribution in [3.05, 3.63) is 154 Å². The van der Waals surface area contributed by atoms with Crippen LogP contribution in [0.2, 0.25) is 0 Å². The number of anilines is 1. The van der Waals surface area contributed by atoms with Gasteiger partial charge in [0, 0.05) is 41.6 Å². The first-order valence-corrected chi connectivity index (χ1v) is 19.3. The number of carbonyl (C=O) groups is 7. The van der Waals surface area contributed by atoms with Crippen molar-refractivity contribution < 1.29 is 53.2 Å². The second-order valence-corrected chi connectivity index (χ2v) is 14.5. The molecule has 14 nitrogen and oxygen atoms in total. The molecule has 0 saturated heterocycles. The van der Waals surface area contributed by atoms with Crippen molar-refractivity contribution >= 4 is 46.7 Å². The minimum atomic E-state index is -1.25. The highest BCUT2D eigenvalue weighted by Crippen LogP contribution is 2.36.